The Bertz CT molecular complexity index is 623. The molecule has 2 nitrogen and oxygen atoms in total. The van der Waals surface area contributed by atoms with Crippen molar-refractivity contribution in [2.75, 3.05) is 11.9 Å². The van der Waals surface area contributed by atoms with Gasteiger partial charge in [0, 0.05) is 13.6 Å². The molecule has 0 aromatic heterocycles. The molecule has 2 aromatic carbocycles. The average molecular weight is 275 g/mol. The third-order valence-electron chi connectivity index (χ3n) is 3.09. The summed E-state index contributed by atoms with van der Waals surface area (Å²) in [4.78, 5) is 13.3. The number of carbonyl (C=O) groups excluding carboxylic acids is 1. The van der Waals surface area contributed by atoms with Gasteiger partial charge in [-0.25, -0.2) is 8.78 Å². The van der Waals surface area contributed by atoms with Crippen molar-refractivity contribution in [1.82, 2.24) is 0 Å². The van der Waals surface area contributed by atoms with E-state index in [2.05, 4.69) is 0 Å². The van der Waals surface area contributed by atoms with Crippen molar-refractivity contribution in [1.29, 1.82) is 0 Å². The molecule has 0 aliphatic carbocycles. The van der Waals surface area contributed by atoms with Gasteiger partial charge in [0.15, 0.2) is 5.78 Å². The van der Waals surface area contributed by atoms with Crippen LogP contribution < -0.4 is 4.90 Å². The minimum absolute atomic E-state index is 0.0807. The van der Waals surface area contributed by atoms with Gasteiger partial charge in [0.25, 0.3) is 0 Å². The van der Waals surface area contributed by atoms with Crippen molar-refractivity contribution in [2.24, 2.45) is 0 Å². The van der Waals surface area contributed by atoms with E-state index in [-0.39, 0.29) is 17.2 Å². The SMILES string of the molecule is CC(=O)c1c(F)cccc1N(C)Cc1ccc(F)cc1. The van der Waals surface area contributed by atoms with E-state index in [9.17, 15) is 13.6 Å². The van der Waals surface area contributed by atoms with Gasteiger partial charge in [0.05, 0.1) is 11.3 Å². The maximum Gasteiger partial charge on any atom is 0.164 e. The fraction of sp³-hybridized carbons (Fsp3) is 0.188. The molecule has 0 atom stereocenters. The fourth-order valence-corrected chi connectivity index (χ4v) is 2.13. The molecule has 4 heteroatoms. The Kier molecular flexibility index (Phi) is 4.13. The topological polar surface area (TPSA) is 20.3 Å². The van der Waals surface area contributed by atoms with E-state index < -0.39 is 5.82 Å². The zero-order valence-electron chi connectivity index (χ0n) is 11.4. The van der Waals surface area contributed by atoms with Crippen molar-refractivity contribution in [3.8, 4) is 0 Å². The quantitative estimate of drug-likeness (QED) is 0.791. The van der Waals surface area contributed by atoms with Gasteiger partial charge in [0.2, 0.25) is 0 Å². The zero-order valence-corrected chi connectivity index (χ0v) is 11.4. The summed E-state index contributed by atoms with van der Waals surface area (Å²) in [6.07, 6.45) is 0. The van der Waals surface area contributed by atoms with Crippen LogP contribution in [-0.4, -0.2) is 12.8 Å². The van der Waals surface area contributed by atoms with E-state index >= 15 is 0 Å². The maximum atomic E-state index is 13.8. The van der Waals surface area contributed by atoms with Crippen LogP contribution in [0.25, 0.3) is 0 Å². The van der Waals surface area contributed by atoms with Crippen LogP contribution in [0.3, 0.4) is 0 Å². The van der Waals surface area contributed by atoms with Gasteiger partial charge >= 0.3 is 0 Å². The van der Waals surface area contributed by atoms with Crippen LogP contribution in [0.15, 0.2) is 42.5 Å². The van der Waals surface area contributed by atoms with Gasteiger partial charge in [-0.3, -0.25) is 4.79 Å². The molecule has 0 amide bonds. The Morgan fingerprint density at radius 3 is 2.35 bits per heavy atom. The van der Waals surface area contributed by atoms with Gasteiger partial charge in [-0.2, -0.15) is 0 Å². The van der Waals surface area contributed by atoms with E-state index in [1.54, 1.807) is 36.2 Å². The summed E-state index contributed by atoms with van der Waals surface area (Å²) in [6.45, 7) is 1.80. The van der Waals surface area contributed by atoms with E-state index in [0.717, 1.165) is 5.56 Å². The van der Waals surface area contributed by atoms with E-state index in [1.165, 1.54) is 25.1 Å². The number of halogens is 2. The van der Waals surface area contributed by atoms with Crippen molar-refractivity contribution in [3.05, 3.63) is 65.2 Å². The molecule has 2 rings (SSSR count). The number of hydrogen-bond acceptors (Lipinski definition) is 2. The summed E-state index contributed by atoms with van der Waals surface area (Å²) >= 11 is 0. The van der Waals surface area contributed by atoms with Gasteiger partial charge in [-0.05, 0) is 36.8 Å². The zero-order chi connectivity index (χ0) is 14.7. The number of nitrogens with zero attached hydrogens (tertiary/aromatic N) is 1. The number of benzene rings is 2. The number of carbonyl (C=O) groups is 1. The predicted molar refractivity (Wildman–Crippen MR) is 74.9 cm³/mol. The highest BCUT2D eigenvalue weighted by molar-refractivity contribution is 5.99. The van der Waals surface area contributed by atoms with Crippen LogP contribution in [0.2, 0.25) is 0 Å². The summed E-state index contributed by atoms with van der Waals surface area (Å²) in [5.41, 5.74) is 1.49. The molecule has 0 N–H and O–H groups in total. The second kappa shape index (κ2) is 5.82. The van der Waals surface area contributed by atoms with E-state index in [4.69, 9.17) is 0 Å². The number of ketones is 1. The first kappa shape index (κ1) is 14.2. The summed E-state index contributed by atoms with van der Waals surface area (Å²) in [5, 5.41) is 0. The highest BCUT2D eigenvalue weighted by Crippen LogP contribution is 2.24. The molecule has 0 aliphatic heterocycles. The van der Waals surface area contributed by atoms with Crippen LogP contribution in [0.1, 0.15) is 22.8 Å². The molecular formula is C16H15F2NO. The molecule has 0 saturated heterocycles. The van der Waals surface area contributed by atoms with Crippen LogP contribution in [-0.2, 0) is 6.54 Å². The van der Waals surface area contributed by atoms with Crippen molar-refractivity contribution >= 4 is 11.5 Å². The first-order valence-corrected chi connectivity index (χ1v) is 6.24. The standard InChI is InChI=1S/C16H15F2NO/c1-11(20)16-14(18)4-3-5-15(16)19(2)10-12-6-8-13(17)9-7-12/h3-9H,10H2,1-2H3. The molecule has 0 radical (unpaired) electrons. The molecule has 0 bridgehead atoms. The molecule has 0 heterocycles. The van der Waals surface area contributed by atoms with Crippen LogP contribution in [0, 0.1) is 11.6 Å². The molecule has 0 saturated carbocycles. The number of Topliss-reactive ketones (excluding diaryl/α,β-unsaturated/α-hetero) is 1. The smallest absolute Gasteiger partial charge is 0.164 e. The second-order valence-electron chi connectivity index (χ2n) is 4.67. The summed E-state index contributed by atoms with van der Waals surface area (Å²) < 4.78 is 26.6. The summed E-state index contributed by atoms with van der Waals surface area (Å²) in [5.74, 6) is -1.14. The Morgan fingerprint density at radius 1 is 1.10 bits per heavy atom. The van der Waals surface area contributed by atoms with Gasteiger partial charge < -0.3 is 4.90 Å². The normalized spacial score (nSPS) is 10.4. The second-order valence-corrected chi connectivity index (χ2v) is 4.67. The van der Waals surface area contributed by atoms with Crippen molar-refractivity contribution in [2.45, 2.75) is 13.5 Å². The molecule has 2 aromatic rings. The van der Waals surface area contributed by atoms with Gasteiger partial charge in [-0.15, -0.1) is 0 Å². The highest BCUT2D eigenvalue weighted by atomic mass is 19.1. The largest absolute Gasteiger partial charge is 0.370 e. The molecule has 0 fully saturated rings. The first-order valence-electron chi connectivity index (χ1n) is 6.24. The third kappa shape index (κ3) is 3.02. The minimum Gasteiger partial charge on any atom is -0.370 e. The van der Waals surface area contributed by atoms with Crippen LogP contribution >= 0.6 is 0 Å². The molecule has 0 aliphatic rings. The lowest BCUT2D eigenvalue weighted by Crippen LogP contribution is -2.19. The van der Waals surface area contributed by atoms with Crippen molar-refractivity contribution < 1.29 is 13.6 Å². The lowest BCUT2D eigenvalue weighted by Gasteiger charge is -2.22. The average Bonchev–Trinajstić information content (AvgIpc) is 2.40. The minimum atomic E-state index is -0.527. The van der Waals surface area contributed by atoms with Gasteiger partial charge in [0.1, 0.15) is 11.6 Å². The molecule has 104 valence electrons. The lowest BCUT2D eigenvalue weighted by atomic mass is 10.1. The Morgan fingerprint density at radius 2 is 1.75 bits per heavy atom. The first-order chi connectivity index (χ1) is 9.49. The molecule has 0 spiro atoms. The summed E-state index contributed by atoms with van der Waals surface area (Å²) in [6, 6.07) is 10.6. The monoisotopic (exact) mass is 275 g/mol. The maximum absolute atomic E-state index is 13.8. The van der Waals surface area contributed by atoms with E-state index in [0.29, 0.717) is 12.2 Å². The number of hydrogen-bond donors (Lipinski definition) is 0. The third-order valence-corrected chi connectivity index (χ3v) is 3.09. The molecular weight excluding hydrogens is 260 g/mol. The van der Waals surface area contributed by atoms with Crippen LogP contribution in [0.4, 0.5) is 14.5 Å². The van der Waals surface area contributed by atoms with E-state index in [1.807, 2.05) is 0 Å². The van der Waals surface area contributed by atoms with Crippen molar-refractivity contribution in [3.63, 3.8) is 0 Å². The number of rotatable bonds is 4. The Hall–Kier alpha value is -2.23. The Balaban J connectivity index is 2.29. The predicted octanol–water partition coefficient (Wildman–Crippen LogP) is 3.80. The summed E-state index contributed by atoms with van der Waals surface area (Å²) in [7, 11) is 1.77. The number of anilines is 1. The molecule has 20 heavy (non-hydrogen) atoms. The van der Waals surface area contributed by atoms with Gasteiger partial charge in [-0.1, -0.05) is 18.2 Å². The fourth-order valence-electron chi connectivity index (χ4n) is 2.13. The highest BCUT2D eigenvalue weighted by Gasteiger charge is 2.15. The lowest BCUT2D eigenvalue weighted by molar-refractivity contribution is 0.101. The Labute approximate surface area is 116 Å². The van der Waals surface area contributed by atoms with Crippen LogP contribution in [0.5, 0.6) is 0 Å². The molecule has 0 unspecified atom stereocenters.